The van der Waals surface area contributed by atoms with Gasteiger partial charge in [0.15, 0.2) is 11.5 Å². The molecule has 0 radical (unpaired) electrons. The van der Waals surface area contributed by atoms with E-state index in [1.807, 2.05) is 36.4 Å². The molecule has 0 atom stereocenters. The zero-order valence-electron chi connectivity index (χ0n) is 16.5. The second-order valence-electron chi connectivity index (χ2n) is 7.13. The summed E-state index contributed by atoms with van der Waals surface area (Å²) >= 11 is 0. The van der Waals surface area contributed by atoms with Gasteiger partial charge in [0.1, 0.15) is 18.2 Å². The van der Waals surface area contributed by atoms with E-state index in [1.54, 1.807) is 14.2 Å². The SMILES string of the molecule is COc1cc2c(cc1OC)-c1nc3ccc(OCc4ccccc4)cc3n1CC2. The van der Waals surface area contributed by atoms with Gasteiger partial charge in [-0.05, 0) is 41.8 Å². The average Bonchev–Trinajstić information content (AvgIpc) is 3.15. The standard InChI is InChI=1S/C24H22N2O3/c1-27-22-12-17-10-11-26-21-13-18(29-15-16-6-4-3-5-7-16)8-9-20(21)25-24(26)19(17)14-23(22)28-2/h3-9,12-14H,10-11,15H2,1-2H3. The van der Waals surface area contributed by atoms with Crippen LogP contribution in [0.5, 0.6) is 17.2 Å². The molecule has 0 saturated carbocycles. The van der Waals surface area contributed by atoms with E-state index in [1.165, 1.54) is 5.56 Å². The molecule has 0 saturated heterocycles. The number of ether oxygens (including phenoxy) is 3. The lowest BCUT2D eigenvalue weighted by Gasteiger charge is -2.21. The molecule has 0 bridgehead atoms. The fourth-order valence-corrected chi connectivity index (χ4v) is 3.93. The minimum atomic E-state index is 0.549. The highest BCUT2D eigenvalue weighted by molar-refractivity contribution is 5.84. The Labute approximate surface area is 169 Å². The Bertz CT molecular complexity index is 1180. The molecular weight excluding hydrogens is 364 g/mol. The smallest absolute Gasteiger partial charge is 0.161 e. The van der Waals surface area contributed by atoms with Gasteiger partial charge < -0.3 is 18.8 Å². The molecule has 0 spiro atoms. The molecule has 5 rings (SSSR count). The van der Waals surface area contributed by atoms with Gasteiger partial charge in [-0.25, -0.2) is 4.98 Å². The molecule has 1 aliphatic heterocycles. The van der Waals surface area contributed by atoms with Crippen molar-refractivity contribution >= 4 is 11.0 Å². The maximum Gasteiger partial charge on any atom is 0.161 e. The quantitative estimate of drug-likeness (QED) is 0.492. The molecule has 0 unspecified atom stereocenters. The molecule has 4 aromatic rings. The summed E-state index contributed by atoms with van der Waals surface area (Å²) in [6, 6.07) is 20.4. The van der Waals surface area contributed by atoms with E-state index in [9.17, 15) is 0 Å². The van der Waals surface area contributed by atoms with Gasteiger partial charge in [0.25, 0.3) is 0 Å². The second kappa shape index (κ2) is 7.17. The number of fused-ring (bicyclic) bond motifs is 5. The third-order valence-corrected chi connectivity index (χ3v) is 5.42. The fourth-order valence-electron chi connectivity index (χ4n) is 3.93. The maximum atomic E-state index is 6.02. The normalized spacial score (nSPS) is 12.3. The molecule has 29 heavy (non-hydrogen) atoms. The largest absolute Gasteiger partial charge is 0.493 e. The summed E-state index contributed by atoms with van der Waals surface area (Å²) in [5, 5.41) is 0. The minimum absolute atomic E-state index is 0.549. The van der Waals surface area contributed by atoms with E-state index in [2.05, 4.69) is 28.8 Å². The molecule has 0 N–H and O–H groups in total. The van der Waals surface area contributed by atoms with Crippen molar-refractivity contribution in [3.63, 3.8) is 0 Å². The summed E-state index contributed by atoms with van der Waals surface area (Å²) in [6.45, 7) is 1.42. The second-order valence-corrected chi connectivity index (χ2v) is 7.13. The number of benzene rings is 3. The van der Waals surface area contributed by atoms with Gasteiger partial charge >= 0.3 is 0 Å². The Hall–Kier alpha value is -3.47. The molecule has 0 fully saturated rings. The van der Waals surface area contributed by atoms with E-state index >= 15 is 0 Å². The van der Waals surface area contributed by atoms with E-state index in [0.717, 1.165) is 58.2 Å². The fraction of sp³-hybridized carbons (Fsp3) is 0.208. The third kappa shape index (κ3) is 3.09. The first-order valence-corrected chi connectivity index (χ1v) is 9.69. The number of nitrogens with zero attached hydrogens (tertiary/aromatic N) is 2. The number of hydrogen-bond acceptors (Lipinski definition) is 4. The van der Waals surface area contributed by atoms with Crippen molar-refractivity contribution in [3.05, 3.63) is 71.8 Å². The molecule has 1 aliphatic rings. The van der Waals surface area contributed by atoms with Gasteiger partial charge in [-0.2, -0.15) is 0 Å². The van der Waals surface area contributed by atoms with Crippen molar-refractivity contribution in [2.45, 2.75) is 19.6 Å². The van der Waals surface area contributed by atoms with E-state index in [-0.39, 0.29) is 0 Å². The van der Waals surface area contributed by atoms with Crippen LogP contribution in [0.25, 0.3) is 22.4 Å². The number of aromatic nitrogens is 2. The Morgan fingerprint density at radius 2 is 1.72 bits per heavy atom. The van der Waals surface area contributed by atoms with E-state index in [0.29, 0.717) is 6.61 Å². The van der Waals surface area contributed by atoms with Crippen molar-refractivity contribution in [1.29, 1.82) is 0 Å². The number of imidazole rings is 1. The van der Waals surface area contributed by atoms with Crippen molar-refractivity contribution in [3.8, 4) is 28.6 Å². The molecule has 3 aromatic carbocycles. The third-order valence-electron chi connectivity index (χ3n) is 5.42. The molecule has 2 heterocycles. The van der Waals surface area contributed by atoms with Crippen LogP contribution >= 0.6 is 0 Å². The van der Waals surface area contributed by atoms with Gasteiger partial charge in [0.2, 0.25) is 0 Å². The first-order chi connectivity index (χ1) is 14.3. The number of rotatable bonds is 5. The highest BCUT2D eigenvalue weighted by atomic mass is 16.5. The Morgan fingerprint density at radius 1 is 0.931 bits per heavy atom. The molecular formula is C24H22N2O3. The summed E-state index contributed by atoms with van der Waals surface area (Å²) in [6.07, 6.45) is 0.920. The van der Waals surface area contributed by atoms with Crippen molar-refractivity contribution in [1.82, 2.24) is 9.55 Å². The van der Waals surface area contributed by atoms with Crippen molar-refractivity contribution < 1.29 is 14.2 Å². The van der Waals surface area contributed by atoms with Gasteiger partial charge in [-0.1, -0.05) is 30.3 Å². The monoisotopic (exact) mass is 386 g/mol. The van der Waals surface area contributed by atoms with Crippen molar-refractivity contribution in [2.24, 2.45) is 0 Å². The maximum absolute atomic E-state index is 6.02. The van der Waals surface area contributed by atoms with Crippen LogP contribution in [0, 0.1) is 0 Å². The Morgan fingerprint density at radius 3 is 2.52 bits per heavy atom. The van der Waals surface area contributed by atoms with Crippen LogP contribution in [0.1, 0.15) is 11.1 Å². The molecule has 5 nitrogen and oxygen atoms in total. The Balaban J connectivity index is 1.52. The minimum Gasteiger partial charge on any atom is -0.493 e. The number of aryl methyl sites for hydroxylation is 2. The average molecular weight is 386 g/mol. The highest BCUT2D eigenvalue weighted by Crippen LogP contribution is 2.39. The zero-order valence-corrected chi connectivity index (χ0v) is 16.5. The summed E-state index contributed by atoms with van der Waals surface area (Å²) in [4.78, 5) is 4.90. The lowest BCUT2D eigenvalue weighted by molar-refractivity contribution is 0.306. The summed E-state index contributed by atoms with van der Waals surface area (Å²) in [5.41, 5.74) is 5.53. The highest BCUT2D eigenvalue weighted by Gasteiger charge is 2.23. The van der Waals surface area contributed by atoms with Crippen LogP contribution in [-0.4, -0.2) is 23.8 Å². The molecule has 0 aliphatic carbocycles. The predicted molar refractivity (Wildman–Crippen MR) is 113 cm³/mol. The van der Waals surface area contributed by atoms with Gasteiger partial charge in [-0.3, -0.25) is 0 Å². The van der Waals surface area contributed by atoms with Crippen LogP contribution in [0.2, 0.25) is 0 Å². The topological polar surface area (TPSA) is 45.5 Å². The Kier molecular flexibility index (Phi) is 4.35. The van der Waals surface area contributed by atoms with Crippen molar-refractivity contribution in [2.75, 3.05) is 14.2 Å². The molecule has 0 amide bonds. The first kappa shape index (κ1) is 17.6. The zero-order chi connectivity index (χ0) is 19.8. The summed E-state index contributed by atoms with van der Waals surface area (Å²) < 4.78 is 19.2. The number of hydrogen-bond donors (Lipinski definition) is 0. The molecule has 1 aromatic heterocycles. The molecule has 146 valence electrons. The molecule has 5 heteroatoms. The van der Waals surface area contributed by atoms with Crippen LogP contribution in [-0.2, 0) is 19.6 Å². The predicted octanol–water partition coefficient (Wildman–Crippen LogP) is 4.86. The van der Waals surface area contributed by atoms with Gasteiger partial charge in [0, 0.05) is 18.2 Å². The summed E-state index contributed by atoms with van der Waals surface area (Å²) in [7, 11) is 3.33. The number of methoxy groups -OCH3 is 2. The van der Waals surface area contributed by atoms with Gasteiger partial charge in [-0.15, -0.1) is 0 Å². The van der Waals surface area contributed by atoms with E-state index in [4.69, 9.17) is 19.2 Å². The van der Waals surface area contributed by atoms with Crippen LogP contribution in [0.3, 0.4) is 0 Å². The van der Waals surface area contributed by atoms with Crippen LogP contribution in [0.4, 0.5) is 0 Å². The lowest BCUT2D eigenvalue weighted by Crippen LogP contribution is -2.11. The van der Waals surface area contributed by atoms with Gasteiger partial charge in [0.05, 0.1) is 25.3 Å². The first-order valence-electron chi connectivity index (χ1n) is 9.69. The summed E-state index contributed by atoms with van der Waals surface area (Å²) in [5.74, 6) is 3.29. The van der Waals surface area contributed by atoms with E-state index < -0.39 is 0 Å². The lowest BCUT2D eigenvalue weighted by atomic mass is 9.99. The van der Waals surface area contributed by atoms with Crippen LogP contribution < -0.4 is 14.2 Å². The van der Waals surface area contributed by atoms with Crippen LogP contribution in [0.15, 0.2) is 60.7 Å².